The lowest BCUT2D eigenvalue weighted by atomic mass is 10.6. The van der Waals surface area contributed by atoms with Crippen LogP contribution in [0, 0.1) is 0 Å². The van der Waals surface area contributed by atoms with Gasteiger partial charge in [-0.1, -0.05) is 32.7 Å². The van der Waals surface area contributed by atoms with Crippen LogP contribution in [0.3, 0.4) is 0 Å². The second-order valence-electron chi connectivity index (χ2n) is 3.75. The Morgan fingerprint density at radius 2 is 1.91 bits per heavy atom. The molecule has 0 saturated carbocycles. The Balaban J connectivity index is 2.15. The van der Waals surface area contributed by atoms with Crippen molar-refractivity contribution >= 4 is 27.3 Å². The van der Waals surface area contributed by atoms with Gasteiger partial charge < -0.3 is 0 Å². The highest BCUT2D eigenvalue weighted by Crippen LogP contribution is 2.41. The van der Waals surface area contributed by atoms with Gasteiger partial charge in [0, 0.05) is 8.80 Å². The molecule has 0 bridgehead atoms. The highest BCUT2D eigenvalue weighted by molar-refractivity contribution is 7.31. The molecule has 1 aliphatic rings. The molecule has 1 heterocycles. The Kier molecular flexibility index (Phi) is 3.66. The first-order chi connectivity index (χ1) is 5.20. The SMILES string of the molecule is CCC[Si]1C[Si](Cl)(CCC)C1. The first-order valence-corrected chi connectivity index (χ1v) is 10.5. The van der Waals surface area contributed by atoms with Crippen molar-refractivity contribution in [2.24, 2.45) is 0 Å². The van der Waals surface area contributed by atoms with Gasteiger partial charge >= 0.3 is 0 Å². The zero-order valence-electron chi connectivity index (χ0n) is 7.62. The molecule has 1 saturated heterocycles. The van der Waals surface area contributed by atoms with Gasteiger partial charge in [-0.3, -0.25) is 0 Å². The molecule has 3 heteroatoms. The Bertz CT molecular complexity index is 121. The van der Waals surface area contributed by atoms with Crippen molar-refractivity contribution in [2.45, 2.75) is 50.1 Å². The molecule has 11 heavy (non-hydrogen) atoms. The number of hydrogen-bond donors (Lipinski definition) is 0. The Labute approximate surface area is 77.7 Å². The molecule has 0 aliphatic carbocycles. The molecular formula is C8H18ClSi2. The van der Waals surface area contributed by atoms with Crippen molar-refractivity contribution in [3.63, 3.8) is 0 Å². The first-order valence-electron chi connectivity index (χ1n) is 4.72. The van der Waals surface area contributed by atoms with Gasteiger partial charge in [-0.2, -0.15) is 11.1 Å². The summed E-state index contributed by atoms with van der Waals surface area (Å²) in [7, 11) is -0.977. The van der Waals surface area contributed by atoms with Crippen LogP contribution in [0.4, 0.5) is 0 Å². The molecule has 0 atom stereocenters. The Morgan fingerprint density at radius 1 is 1.27 bits per heavy atom. The van der Waals surface area contributed by atoms with Crippen molar-refractivity contribution in [2.75, 3.05) is 0 Å². The average Bonchev–Trinajstić information content (AvgIpc) is 1.85. The fourth-order valence-electron chi connectivity index (χ4n) is 2.00. The molecule has 0 unspecified atom stereocenters. The van der Waals surface area contributed by atoms with Crippen molar-refractivity contribution < 1.29 is 0 Å². The molecule has 0 amide bonds. The molecule has 1 rings (SSSR count). The van der Waals surface area contributed by atoms with E-state index >= 15 is 0 Å². The molecular weight excluding hydrogens is 188 g/mol. The van der Waals surface area contributed by atoms with Crippen molar-refractivity contribution in [1.82, 2.24) is 0 Å². The fraction of sp³-hybridized carbons (Fsp3) is 1.00. The maximum atomic E-state index is 6.50. The number of halogens is 1. The van der Waals surface area contributed by atoms with E-state index in [9.17, 15) is 0 Å². The van der Waals surface area contributed by atoms with Gasteiger partial charge in [0.25, 0.3) is 0 Å². The summed E-state index contributed by atoms with van der Waals surface area (Å²) in [5, 5.41) is 0. The summed E-state index contributed by atoms with van der Waals surface area (Å²) in [6, 6.07) is 2.91. The maximum Gasteiger partial charge on any atom is 0.151 e. The summed E-state index contributed by atoms with van der Waals surface area (Å²) in [4.78, 5) is 0. The van der Waals surface area contributed by atoms with E-state index in [1.54, 1.807) is 0 Å². The highest BCUT2D eigenvalue weighted by Gasteiger charge is 2.44. The van der Waals surface area contributed by atoms with Gasteiger partial charge in [-0.25, -0.2) is 0 Å². The quantitative estimate of drug-likeness (QED) is 0.486. The van der Waals surface area contributed by atoms with E-state index in [0.717, 1.165) is 0 Å². The number of rotatable bonds is 4. The summed E-state index contributed by atoms with van der Waals surface area (Å²) in [5.74, 6) is 0. The minimum Gasteiger partial charge on any atom is -0.168 e. The van der Waals surface area contributed by atoms with Crippen LogP contribution in [0.2, 0.25) is 23.4 Å². The Hall–Kier alpha value is 0.724. The monoisotopic (exact) mass is 205 g/mol. The molecule has 0 spiro atoms. The third kappa shape index (κ3) is 2.60. The molecule has 1 fully saturated rings. The van der Waals surface area contributed by atoms with Crippen LogP contribution >= 0.6 is 11.1 Å². The zero-order valence-corrected chi connectivity index (χ0v) is 10.4. The lowest BCUT2D eigenvalue weighted by molar-refractivity contribution is 1.02. The van der Waals surface area contributed by atoms with Crippen LogP contribution in [-0.2, 0) is 0 Å². The van der Waals surface area contributed by atoms with Crippen LogP contribution in [0.25, 0.3) is 0 Å². The molecule has 0 N–H and O–H groups in total. The van der Waals surface area contributed by atoms with E-state index < -0.39 is 7.38 Å². The third-order valence-corrected chi connectivity index (χ3v) is 17.1. The summed E-state index contributed by atoms with van der Waals surface area (Å²) >= 11 is 6.50. The van der Waals surface area contributed by atoms with Crippen molar-refractivity contribution in [1.29, 1.82) is 0 Å². The van der Waals surface area contributed by atoms with Gasteiger partial charge in [0.05, 0.1) is 0 Å². The van der Waals surface area contributed by atoms with E-state index in [2.05, 4.69) is 13.8 Å². The highest BCUT2D eigenvalue weighted by atomic mass is 35.6. The van der Waals surface area contributed by atoms with Crippen LogP contribution < -0.4 is 0 Å². The predicted octanol–water partition coefficient (Wildman–Crippen LogP) is 3.58. The Morgan fingerprint density at radius 3 is 2.36 bits per heavy atom. The van der Waals surface area contributed by atoms with Crippen molar-refractivity contribution in [3.8, 4) is 0 Å². The first kappa shape index (κ1) is 9.81. The van der Waals surface area contributed by atoms with E-state index in [-0.39, 0.29) is 8.80 Å². The van der Waals surface area contributed by atoms with Crippen LogP contribution in [0.5, 0.6) is 0 Å². The van der Waals surface area contributed by atoms with E-state index in [0.29, 0.717) is 0 Å². The molecule has 0 aromatic heterocycles. The normalized spacial score (nSPS) is 23.2. The lowest BCUT2D eigenvalue weighted by Gasteiger charge is -2.40. The summed E-state index contributed by atoms with van der Waals surface area (Å²) in [6.45, 7) is 4.56. The van der Waals surface area contributed by atoms with Crippen molar-refractivity contribution in [3.05, 3.63) is 0 Å². The zero-order chi connectivity index (χ0) is 8.32. The summed E-state index contributed by atoms with van der Waals surface area (Å²) in [5.41, 5.74) is 3.03. The smallest absolute Gasteiger partial charge is 0.151 e. The van der Waals surface area contributed by atoms with E-state index in [4.69, 9.17) is 11.1 Å². The second-order valence-corrected chi connectivity index (χ2v) is 13.8. The molecule has 0 nitrogen and oxygen atoms in total. The predicted molar refractivity (Wildman–Crippen MR) is 57.2 cm³/mol. The van der Waals surface area contributed by atoms with Gasteiger partial charge in [0.1, 0.15) is 0 Å². The third-order valence-electron chi connectivity index (χ3n) is 2.44. The molecule has 0 aromatic rings. The van der Waals surface area contributed by atoms with Gasteiger partial charge in [-0.15, -0.1) is 0 Å². The van der Waals surface area contributed by atoms with Crippen LogP contribution in [-0.4, -0.2) is 16.2 Å². The summed E-state index contributed by atoms with van der Waals surface area (Å²) in [6.07, 6.45) is 2.71. The molecule has 1 radical (unpaired) electrons. The van der Waals surface area contributed by atoms with Crippen LogP contribution in [0.15, 0.2) is 0 Å². The van der Waals surface area contributed by atoms with Gasteiger partial charge in [0.2, 0.25) is 0 Å². The number of hydrogen-bond acceptors (Lipinski definition) is 0. The standard InChI is InChI=1S/C8H18ClSi2/c1-3-5-10-7-11(9,8-10)6-4-2/h3-8H2,1-2H3. The average molecular weight is 206 g/mol. The topological polar surface area (TPSA) is 0 Å². The van der Waals surface area contributed by atoms with E-state index in [1.165, 1.54) is 36.3 Å². The minimum atomic E-state index is -1.08. The molecule has 1 aliphatic heterocycles. The van der Waals surface area contributed by atoms with Gasteiger partial charge in [-0.05, 0) is 17.4 Å². The fourth-order valence-corrected chi connectivity index (χ4v) is 17.2. The molecule has 65 valence electrons. The lowest BCUT2D eigenvalue weighted by Crippen LogP contribution is -2.48. The van der Waals surface area contributed by atoms with E-state index in [1.807, 2.05) is 0 Å². The second kappa shape index (κ2) is 4.10. The van der Waals surface area contributed by atoms with Gasteiger partial charge in [0.15, 0.2) is 7.38 Å². The molecule has 0 aromatic carbocycles. The largest absolute Gasteiger partial charge is 0.168 e. The minimum absolute atomic E-state index is 0.102. The summed E-state index contributed by atoms with van der Waals surface area (Å²) < 4.78 is 0. The van der Waals surface area contributed by atoms with Crippen LogP contribution in [0.1, 0.15) is 26.7 Å². The maximum absolute atomic E-state index is 6.50.